The van der Waals surface area contributed by atoms with Crippen molar-refractivity contribution in [3.8, 4) is 0 Å². The number of nitrogen functional groups attached to an aromatic ring is 1. The van der Waals surface area contributed by atoms with Crippen LogP contribution in [0.2, 0.25) is 0 Å². The normalized spacial score (nSPS) is 16.3. The Kier molecular flexibility index (Phi) is 7.58. The molecule has 5 N–H and O–H groups in total. The smallest absolute Gasteiger partial charge is 0.407 e. The minimum Gasteiger partial charge on any atom is -0.465 e. The molecule has 0 saturated carbocycles. The van der Waals surface area contributed by atoms with E-state index in [1.807, 2.05) is 0 Å². The Hall–Kier alpha value is -4.15. The van der Waals surface area contributed by atoms with Gasteiger partial charge < -0.3 is 21.5 Å². The van der Waals surface area contributed by atoms with Crippen molar-refractivity contribution in [2.24, 2.45) is 5.92 Å². The Balaban J connectivity index is 1.90. The Morgan fingerprint density at radius 3 is 2.46 bits per heavy atom. The maximum absolute atomic E-state index is 13.8. The molecule has 2 heterocycles. The van der Waals surface area contributed by atoms with Gasteiger partial charge in [-0.1, -0.05) is 32.0 Å². The SMILES string of the molecule is CC(C)[C@H](NC(=O)[C@H](C)N(C)C(=O)O)C(=O)N1c2ncccc2CC1C(=O)Nc1ccccc1N. The zero-order valence-corrected chi connectivity index (χ0v) is 20.1. The molecule has 1 aromatic heterocycles. The summed E-state index contributed by atoms with van der Waals surface area (Å²) in [6.45, 7) is 4.94. The number of fused-ring (bicyclic) bond motifs is 1. The molecule has 11 heteroatoms. The maximum Gasteiger partial charge on any atom is 0.407 e. The number of amides is 4. The average Bonchev–Trinajstić information content (AvgIpc) is 3.22. The number of nitrogens with one attached hydrogen (secondary N) is 2. The lowest BCUT2D eigenvalue weighted by Crippen LogP contribution is -2.58. The zero-order valence-electron chi connectivity index (χ0n) is 20.1. The zero-order chi connectivity index (χ0) is 25.9. The second-order valence-electron chi connectivity index (χ2n) is 8.79. The first kappa shape index (κ1) is 25.5. The summed E-state index contributed by atoms with van der Waals surface area (Å²) in [7, 11) is 1.27. The van der Waals surface area contributed by atoms with Gasteiger partial charge in [-0.05, 0) is 36.6 Å². The second-order valence-corrected chi connectivity index (χ2v) is 8.79. The molecule has 3 rings (SSSR count). The topological polar surface area (TPSA) is 158 Å². The molecule has 4 amide bonds. The van der Waals surface area contributed by atoms with Gasteiger partial charge in [-0.3, -0.25) is 24.2 Å². The Labute approximate surface area is 203 Å². The molecule has 186 valence electrons. The summed E-state index contributed by atoms with van der Waals surface area (Å²) < 4.78 is 0. The van der Waals surface area contributed by atoms with E-state index in [1.165, 1.54) is 25.1 Å². The number of pyridine rings is 1. The average molecular weight is 483 g/mol. The number of anilines is 3. The first-order valence-corrected chi connectivity index (χ1v) is 11.2. The fraction of sp³-hybridized carbons (Fsp3) is 0.375. The van der Waals surface area contributed by atoms with Gasteiger partial charge in [0.05, 0.1) is 11.4 Å². The number of hydrogen-bond acceptors (Lipinski definition) is 6. The van der Waals surface area contributed by atoms with Crippen molar-refractivity contribution in [3.05, 3.63) is 48.2 Å². The molecular formula is C24H30N6O5. The molecule has 1 unspecified atom stereocenters. The number of nitrogens with zero attached hydrogens (tertiary/aromatic N) is 3. The van der Waals surface area contributed by atoms with E-state index in [0.29, 0.717) is 17.2 Å². The van der Waals surface area contributed by atoms with Crippen LogP contribution in [0.3, 0.4) is 0 Å². The van der Waals surface area contributed by atoms with E-state index in [2.05, 4.69) is 15.6 Å². The minimum atomic E-state index is -1.27. The van der Waals surface area contributed by atoms with Gasteiger partial charge in [0.15, 0.2) is 0 Å². The number of rotatable bonds is 7. The highest BCUT2D eigenvalue weighted by molar-refractivity contribution is 6.09. The predicted octanol–water partition coefficient (Wildman–Crippen LogP) is 1.70. The molecule has 0 aliphatic carbocycles. The van der Waals surface area contributed by atoms with Crippen molar-refractivity contribution in [2.45, 2.75) is 45.3 Å². The van der Waals surface area contributed by atoms with Crippen LogP contribution in [0.5, 0.6) is 0 Å². The van der Waals surface area contributed by atoms with Crippen LogP contribution >= 0.6 is 0 Å². The van der Waals surface area contributed by atoms with Crippen LogP contribution in [0.15, 0.2) is 42.6 Å². The van der Waals surface area contributed by atoms with Gasteiger partial charge in [-0.15, -0.1) is 0 Å². The highest BCUT2D eigenvalue weighted by Gasteiger charge is 2.43. The van der Waals surface area contributed by atoms with E-state index in [0.717, 1.165) is 10.5 Å². The lowest BCUT2D eigenvalue weighted by atomic mass is 10.0. The van der Waals surface area contributed by atoms with Gasteiger partial charge in [-0.2, -0.15) is 0 Å². The number of aromatic nitrogens is 1. The highest BCUT2D eigenvalue weighted by atomic mass is 16.4. The molecular weight excluding hydrogens is 452 g/mol. The van der Waals surface area contributed by atoms with Crippen LogP contribution in [-0.4, -0.2) is 64.0 Å². The quantitative estimate of drug-likeness (QED) is 0.437. The van der Waals surface area contributed by atoms with Crippen molar-refractivity contribution >= 4 is 41.0 Å². The monoisotopic (exact) mass is 482 g/mol. The summed E-state index contributed by atoms with van der Waals surface area (Å²) in [6.07, 6.45) is 0.501. The summed E-state index contributed by atoms with van der Waals surface area (Å²) >= 11 is 0. The van der Waals surface area contributed by atoms with E-state index in [-0.39, 0.29) is 12.3 Å². The number of benzene rings is 1. The lowest BCUT2D eigenvalue weighted by molar-refractivity contribution is -0.131. The van der Waals surface area contributed by atoms with Crippen LogP contribution in [0.1, 0.15) is 26.3 Å². The van der Waals surface area contributed by atoms with Crippen LogP contribution in [-0.2, 0) is 20.8 Å². The van der Waals surface area contributed by atoms with Gasteiger partial charge in [0.2, 0.25) is 11.8 Å². The number of carbonyl (C=O) groups excluding carboxylic acids is 3. The number of nitrogens with two attached hydrogens (primary N) is 1. The fourth-order valence-electron chi connectivity index (χ4n) is 3.83. The van der Waals surface area contributed by atoms with Gasteiger partial charge >= 0.3 is 6.09 Å². The predicted molar refractivity (Wildman–Crippen MR) is 131 cm³/mol. The number of carboxylic acid groups (broad SMARTS) is 1. The van der Waals surface area contributed by atoms with Gasteiger partial charge in [-0.25, -0.2) is 9.78 Å². The number of carbonyl (C=O) groups is 4. The molecule has 0 radical (unpaired) electrons. The van der Waals surface area contributed by atoms with E-state index >= 15 is 0 Å². The first-order chi connectivity index (χ1) is 16.5. The molecule has 3 atom stereocenters. The van der Waals surface area contributed by atoms with E-state index in [9.17, 15) is 24.3 Å². The van der Waals surface area contributed by atoms with Gasteiger partial charge in [0.25, 0.3) is 5.91 Å². The van der Waals surface area contributed by atoms with E-state index in [4.69, 9.17) is 5.73 Å². The fourth-order valence-corrected chi connectivity index (χ4v) is 3.83. The molecule has 0 saturated heterocycles. The summed E-state index contributed by atoms with van der Waals surface area (Å²) in [6, 6.07) is 7.36. The highest BCUT2D eigenvalue weighted by Crippen LogP contribution is 2.32. The standard InChI is InChI=1S/C24H30N6O5/c1-13(2)19(28-21(31)14(3)29(4)24(34)35)23(33)30-18(12-15-8-7-11-26-20(15)30)22(32)27-17-10-6-5-9-16(17)25/h5-11,13-14,18-19H,12,25H2,1-4H3,(H,27,32)(H,28,31)(H,34,35)/t14-,18?,19-/m0/s1. The van der Waals surface area contributed by atoms with Crippen molar-refractivity contribution < 1.29 is 24.3 Å². The minimum absolute atomic E-state index is 0.240. The molecule has 1 aliphatic rings. The third-order valence-corrected chi connectivity index (χ3v) is 6.07. The van der Waals surface area contributed by atoms with Crippen molar-refractivity contribution in [2.75, 3.05) is 23.0 Å². The largest absolute Gasteiger partial charge is 0.465 e. The molecule has 1 aromatic carbocycles. The van der Waals surface area contributed by atoms with Crippen LogP contribution in [0.25, 0.3) is 0 Å². The third kappa shape index (κ3) is 5.34. The molecule has 0 fully saturated rings. The van der Waals surface area contributed by atoms with Gasteiger partial charge in [0.1, 0.15) is 23.9 Å². The third-order valence-electron chi connectivity index (χ3n) is 6.07. The first-order valence-electron chi connectivity index (χ1n) is 11.2. The second kappa shape index (κ2) is 10.4. The van der Waals surface area contributed by atoms with Gasteiger partial charge in [0, 0.05) is 19.7 Å². The summed E-state index contributed by atoms with van der Waals surface area (Å²) in [5.41, 5.74) is 7.49. The summed E-state index contributed by atoms with van der Waals surface area (Å²) in [4.78, 5) is 57.6. The summed E-state index contributed by atoms with van der Waals surface area (Å²) in [5.74, 6) is -1.59. The number of likely N-dealkylation sites (N-methyl/N-ethyl adjacent to an activating group) is 1. The van der Waals surface area contributed by atoms with Crippen molar-refractivity contribution in [3.63, 3.8) is 0 Å². The molecule has 11 nitrogen and oxygen atoms in total. The Morgan fingerprint density at radius 2 is 1.83 bits per heavy atom. The number of para-hydroxylation sites is 2. The Bertz CT molecular complexity index is 1140. The van der Waals surface area contributed by atoms with Crippen LogP contribution < -0.4 is 21.3 Å². The molecule has 1 aliphatic heterocycles. The van der Waals surface area contributed by atoms with Crippen molar-refractivity contribution in [1.29, 1.82) is 0 Å². The number of hydrogen-bond donors (Lipinski definition) is 4. The molecule has 0 spiro atoms. The summed E-state index contributed by atoms with van der Waals surface area (Å²) in [5, 5.41) is 14.6. The van der Waals surface area contributed by atoms with E-state index in [1.54, 1.807) is 50.2 Å². The molecule has 0 bridgehead atoms. The Morgan fingerprint density at radius 1 is 1.14 bits per heavy atom. The van der Waals surface area contributed by atoms with E-state index < -0.39 is 41.9 Å². The lowest BCUT2D eigenvalue weighted by Gasteiger charge is -2.31. The maximum atomic E-state index is 13.8. The molecule has 35 heavy (non-hydrogen) atoms. The van der Waals surface area contributed by atoms with Crippen LogP contribution in [0, 0.1) is 5.92 Å². The van der Waals surface area contributed by atoms with Crippen LogP contribution in [0.4, 0.5) is 22.0 Å². The van der Waals surface area contributed by atoms with Crippen molar-refractivity contribution in [1.82, 2.24) is 15.2 Å². The molecule has 2 aromatic rings.